The van der Waals surface area contributed by atoms with Gasteiger partial charge in [0.25, 0.3) is 0 Å². The second-order valence-electron chi connectivity index (χ2n) is 6.58. The van der Waals surface area contributed by atoms with E-state index in [-0.39, 0.29) is 0 Å². The van der Waals surface area contributed by atoms with Gasteiger partial charge in [0.15, 0.2) is 11.5 Å². The molecule has 2 aromatic rings. The van der Waals surface area contributed by atoms with E-state index in [4.69, 9.17) is 9.47 Å². The summed E-state index contributed by atoms with van der Waals surface area (Å²) in [6.45, 7) is 7.38. The van der Waals surface area contributed by atoms with Crippen molar-refractivity contribution in [3.63, 3.8) is 0 Å². The third kappa shape index (κ3) is 7.49. The Hall–Kier alpha value is -2.00. The average molecular weight is 356 g/mol. The van der Waals surface area contributed by atoms with E-state index in [0.717, 1.165) is 30.2 Å². The Morgan fingerprint density at radius 2 is 1.58 bits per heavy atom. The van der Waals surface area contributed by atoms with Crippen molar-refractivity contribution in [3.05, 3.63) is 59.7 Å². The van der Waals surface area contributed by atoms with Gasteiger partial charge in [0.1, 0.15) is 6.61 Å². The Morgan fingerprint density at radius 3 is 2.35 bits per heavy atom. The summed E-state index contributed by atoms with van der Waals surface area (Å²) in [4.78, 5) is 0. The van der Waals surface area contributed by atoms with Crippen LogP contribution >= 0.6 is 0 Å². The highest BCUT2D eigenvalue weighted by molar-refractivity contribution is 5.43. The van der Waals surface area contributed by atoms with Crippen LogP contribution in [0, 0.1) is 0 Å². The molecule has 0 unspecified atom stereocenters. The van der Waals surface area contributed by atoms with Gasteiger partial charge in [0.05, 0.1) is 6.61 Å². The summed E-state index contributed by atoms with van der Waals surface area (Å²) in [6.07, 6.45) is 6.56. The zero-order chi connectivity index (χ0) is 18.5. The Labute approximate surface area is 158 Å². The fraction of sp³-hybridized carbons (Fsp3) is 0.478. The van der Waals surface area contributed by atoms with Crippen LogP contribution in [0.15, 0.2) is 48.5 Å². The molecule has 0 radical (unpaired) electrons. The summed E-state index contributed by atoms with van der Waals surface area (Å²) < 4.78 is 11.8. The highest BCUT2D eigenvalue weighted by atomic mass is 16.5. The van der Waals surface area contributed by atoms with E-state index in [1.54, 1.807) is 0 Å². The topological polar surface area (TPSA) is 30.5 Å². The van der Waals surface area contributed by atoms with E-state index in [0.29, 0.717) is 13.2 Å². The second kappa shape index (κ2) is 12.4. The fourth-order valence-corrected chi connectivity index (χ4v) is 2.87. The molecule has 1 N–H and O–H groups in total. The fourth-order valence-electron chi connectivity index (χ4n) is 2.87. The van der Waals surface area contributed by atoms with Crippen LogP contribution in [0.4, 0.5) is 0 Å². The van der Waals surface area contributed by atoms with Gasteiger partial charge in [-0.25, -0.2) is 0 Å². The van der Waals surface area contributed by atoms with Gasteiger partial charge in [-0.2, -0.15) is 0 Å². The number of ether oxygens (including phenoxy) is 2. The third-order valence-corrected chi connectivity index (χ3v) is 4.33. The molecule has 2 rings (SSSR count). The van der Waals surface area contributed by atoms with Crippen LogP contribution in [0.5, 0.6) is 11.5 Å². The van der Waals surface area contributed by atoms with Crippen molar-refractivity contribution in [3.8, 4) is 11.5 Å². The van der Waals surface area contributed by atoms with Crippen molar-refractivity contribution in [2.24, 2.45) is 0 Å². The van der Waals surface area contributed by atoms with E-state index >= 15 is 0 Å². The molecule has 0 aliphatic heterocycles. The number of unbranched alkanes of at least 4 members (excludes halogenated alkanes) is 4. The van der Waals surface area contributed by atoms with Crippen LogP contribution in [0.25, 0.3) is 0 Å². The number of hydrogen-bond donors (Lipinski definition) is 1. The van der Waals surface area contributed by atoms with Gasteiger partial charge >= 0.3 is 0 Å². The molecule has 0 aliphatic carbocycles. The van der Waals surface area contributed by atoms with Crippen LogP contribution in [0.3, 0.4) is 0 Å². The second-order valence-corrected chi connectivity index (χ2v) is 6.58. The van der Waals surface area contributed by atoms with Gasteiger partial charge in [-0.1, -0.05) is 69.0 Å². The molecule has 3 heteroatoms. The minimum Gasteiger partial charge on any atom is -0.490 e. The van der Waals surface area contributed by atoms with E-state index in [9.17, 15) is 0 Å². The first-order valence-electron chi connectivity index (χ1n) is 9.96. The number of nitrogens with one attached hydrogen (secondary N) is 1. The lowest BCUT2D eigenvalue weighted by Crippen LogP contribution is -2.14. The zero-order valence-corrected chi connectivity index (χ0v) is 16.3. The summed E-state index contributed by atoms with van der Waals surface area (Å²) in [6, 6.07) is 16.4. The van der Waals surface area contributed by atoms with Crippen LogP contribution in [-0.4, -0.2) is 13.2 Å². The largest absolute Gasteiger partial charge is 0.490 e. The minimum absolute atomic E-state index is 0.552. The number of hydrogen-bond acceptors (Lipinski definition) is 3. The zero-order valence-electron chi connectivity index (χ0n) is 16.3. The molecule has 3 nitrogen and oxygen atoms in total. The Morgan fingerprint density at radius 1 is 0.769 bits per heavy atom. The molecule has 0 aromatic heterocycles. The Bertz CT molecular complexity index is 613. The van der Waals surface area contributed by atoms with Crippen LogP contribution < -0.4 is 14.8 Å². The maximum Gasteiger partial charge on any atom is 0.161 e. The van der Waals surface area contributed by atoms with Crippen molar-refractivity contribution in [2.45, 2.75) is 59.1 Å². The quantitative estimate of drug-likeness (QED) is 0.466. The first kappa shape index (κ1) is 20.3. The van der Waals surface area contributed by atoms with Crippen LogP contribution in [-0.2, 0) is 13.2 Å². The molecular weight excluding hydrogens is 322 g/mol. The highest BCUT2D eigenvalue weighted by Gasteiger charge is 2.07. The first-order valence-corrected chi connectivity index (χ1v) is 9.96. The molecule has 142 valence electrons. The molecule has 0 saturated carbocycles. The lowest BCUT2D eigenvalue weighted by atomic mass is 10.1. The van der Waals surface area contributed by atoms with Crippen molar-refractivity contribution < 1.29 is 9.47 Å². The molecule has 0 aliphatic rings. The van der Waals surface area contributed by atoms with E-state index in [1.165, 1.54) is 37.7 Å². The van der Waals surface area contributed by atoms with E-state index in [2.05, 4.69) is 36.5 Å². The average Bonchev–Trinajstić information content (AvgIpc) is 2.68. The maximum atomic E-state index is 5.97. The van der Waals surface area contributed by atoms with E-state index < -0.39 is 0 Å². The SMILES string of the molecule is CCCCCCCNCc1ccc(OCc2ccccc2)c(OCC)c1. The van der Waals surface area contributed by atoms with Crippen molar-refractivity contribution in [1.82, 2.24) is 5.32 Å². The Balaban J connectivity index is 1.82. The normalized spacial score (nSPS) is 10.7. The molecule has 0 bridgehead atoms. The summed E-state index contributed by atoms with van der Waals surface area (Å²) in [5, 5.41) is 3.53. The maximum absolute atomic E-state index is 5.97. The lowest BCUT2D eigenvalue weighted by Gasteiger charge is -2.14. The highest BCUT2D eigenvalue weighted by Crippen LogP contribution is 2.29. The summed E-state index contributed by atoms with van der Waals surface area (Å²) in [7, 11) is 0. The molecule has 0 saturated heterocycles. The van der Waals surface area contributed by atoms with Gasteiger partial charge in [-0.15, -0.1) is 0 Å². The predicted octanol–water partition coefficient (Wildman–Crippen LogP) is 5.72. The van der Waals surface area contributed by atoms with E-state index in [1.807, 2.05) is 31.2 Å². The van der Waals surface area contributed by atoms with Crippen molar-refractivity contribution in [2.75, 3.05) is 13.2 Å². The van der Waals surface area contributed by atoms with Crippen molar-refractivity contribution in [1.29, 1.82) is 0 Å². The summed E-state index contributed by atoms with van der Waals surface area (Å²) in [5.74, 6) is 1.63. The minimum atomic E-state index is 0.552. The first-order chi connectivity index (χ1) is 12.8. The molecular formula is C23H33NO2. The van der Waals surface area contributed by atoms with Gasteiger partial charge in [0, 0.05) is 6.54 Å². The third-order valence-electron chi connectivity index (χ3n) is 4.33. The number of benzene rings is 2. The smallest absolute Gasteiger partial charge is 0.161 e. The monoisotopic (exact) mass is 355 g/mol. The van der Waals surface area contributed by atoms with Gasteiger partial charge < -0.3 is 14.8 Å². The number of rotatable bonds is 13. The van der Waals surface area contributed by atoms with Gasteiger partial charge in [-0.05, 0) is 43.1 Å². The van der Waals surface area contributed by atoms with Crippen molar-refractivity contribution >= 4 is 0 Å². The summed E-state index contributed by atoms with van der Waals surface area (Å²) in [5.41, 5.74) is 2.39. The predicted molar refractivity (Wildman–Crippen MR) is 109 cm³/mol. The molecule has 0 fully saturated rings. The van der Waals surface area contributed by atoms with Crippen LogP contribution in [0.2, 0.25) is 0 Å². The van der Waals surface area contributed by atoms with Crippen LogP contribution in [0.1, 0.15) is 57.1 Å². The molecule has 26 heavy (non-hydrogen) atoms. The van der Waals surface area contributed by atoms with Gasteiger partial charge in [0.2, 0.25) is 0 Å². The molecule has 0 heterocycles. The summed E-state index contributed by atoms with van der Waals surface area (Å²) >= 11 is 0. The van der Waals surface area contributed by atoms with Gasteiger partial charge in [-0.3, -0.25) is 0 Å². The standard InChI is InChI=1S/C23H33NO2/c1-3-5-6-7-11-16-24-18-21-14-15-22(23(17-21)25-4-2)26-19-20-12-9-8-10-13-20/h8-10,12-15,17,24H,3-7,11,16,18-19H2,1-2H3. The molecule has 0 atom stereocenters. The Kier molecular flexibility index (Phi) is 9.66. The molecule has 0 amide bonds. The molecule has 2 aromatic carbocycles. The lowest BCUT2D eigenvalue weighted by molar-refractivity contribution is 0.269. The molecule has 0 spiro atoms.